The van der Waals surface area contributed by atoms with E-state index in [9.17, 15) is 31.5 Å². The molecule has 28 heavy (non-hydrogen) atoms. The minimum Gasteiger partial charge on any atom is -0.434 e. The van der Waals surface area contributed by atoms with E-state index in [1.54, 1.807) is 0 Å². The highest BCUT2D eigenvalue weighted by atomic mass is 19.4. The number of nitrogens with one attached hydrogen (secondary N) is 2. The number of rotatable bonds is 7. The van der Waals surface area contributed by atoms with Crippen LogP contribution < -0.4 is 15.4 Å². The minimum absolute atomic E-state index is 0.177. The third-order valence-corrected chi connectivity index (χ3v) is 3.50. The Labute approximate surface area is 156 Å². The molecule has 2 amide bonds. The molecule has 5 nitrogen and oxygen atoms in total. The molecule has 2 rings (SSSR count). The zero-order chi connectivity index (χ0) is 20.7. The van der Waals surface area contributed by atoms with Gasteiger partial charge in [-0.05, 0) is 29.8 Å². The van der Waals surface area contributed by atoms with Crippen molar-refractivity contribution in [3.63, 3.8) is 0 Å². The molecule has 0 aromatic heterocycles. The molecular formula is C18H15F5N2O3. The molecule has 0 aliphatic carbocycles. The van der Waals surface area contributed by atoms with Crippen molar-refractivity contribution in [3.8, 4) is 5.75 Å². The van der Waals surface area contributed by atoms with E-state index < -0.39 is 36.7 Å². The van der Waals surface area contributed by atoms with Crippen molar-refractivity contribution in [1.82, 2.24) is 10.6 Å². The average molecular weight is 402 g/mol. The van der Waals surface area contributed by atoms with Crippen LogP contribution in [0, 0.1) is 0 Å². The fourth-order valence-corrected chi connectivity index (χ4v) is 2.23. The third-order valence-electron chi connectivity index (χ3n) is 3.50. The largest absolute Gasteiger partial charge is 0.434 e. The van der Waals surface area contributed by atoms with E-state index in [2.05, 4.69) is 15.4 Å². The van der Waals surface area contributed by atoms with Crippen LogP contribution in [-0.2, 0) is 17.5 Å². The number of para-hydroxylation sites is 1. The third kappa shape index (κ3) is 6.22. The van der Waals surface area contributed by atoms with Crippen molar-refractivity contribution in [1.29, 1.82) is 0 Å². The Morgan fingerprint density at radius 2 is 1.71 bits per heavy atom. The zero-order valence-corrected chi connectivity index (χ0v) is 14.2. The number of hydrogen-bond acceptors (Lipinski definition) is 3. The van der Waals surface area contributed by atoms with Gasteiger partial charge in [-0.25, -0.2) is 0 Å². The standard InChI is InChI=1S/C18H15F5N2O3/c19-17(20)28-14-7-2-1-6-13(14)16(27)25-10-15(26)24-9-11-4-3-5-12(8-11)18(21,22)23/h1-8,17H,9-10H2,(H,24,26)(H,25,27). The van der Waals surface area contributed by atoms with E-state index in [0.29, 0.717) is 0 Å². The number of alkyl halides is 5. The van der Waals surface area contributed by atoms with Gasteiger partial charge in [0.1, 0.15) is 5.75 Å². The number of halogens is 5. The molecule has 0 aliphatic rings. The second-order valence-electron chi connectivity index (χ2n) is 5.53. The van der Waals surface area contributed by atoms with Crippen LogP contribution in [0.4, 0.5) is 22.0 Å². The zero-order valence-electron chi connectivity index (χ0n) is 14.2. The lowest BCUT2D eigenvalue weighted by Gasteiger charge is -2.11. The molecule has 150 valence electrons. The van der Waals surface area contributed by atoms with Crippen LogP contribution in [0.3, 0.4) is 0 Å². The van der Waals surface area contributed by atoms with Gasteiger partial charge in [0.05, 0.1) is 17.7 Å². The lowest BCUT2D eigenvalue weighted by Crippen LogP contribution is -2.36. The van der Waals surface area contributed by atoms with Crippen molar-refractivity contribution in [2.75, 3.05) is 6.54 Å². The van der Waals surface area contributed by atoms with Crippen LogP contribution in [0.25, 0.3) is 0 Å². The number of ether oxygens (including phenoxy) is 1. The van der Waals surface area contributed by atoms with E-state index in [4.69, 9.17) is 0 Å². The maximum absolute atomic E-state index is 12.7. The number of benzene rings is 2. The number of hydrogen-bond donors (Lipinski definition) is 2. The highest BCUT2D eigenvalue weighted by molar-refractivity contribution is 5.98. The van der Waals surface area contributed by atoms with Gasteiger partial charge in [0.2, 0.25) is 5.91 Å². The Morgan fingerprint density at radius 1 is 1.00 bits per heavy atom. The highest BCUT2D eigenvalue weighted by Gasteiger charge is 2.30. The summed E-state index contributed by atoms with van der Waals surface area (Å²) in [6.07, 6.45) is -4.50. The fraction of sp³-hybridized carbons (Fsp3) is 0.222. The molecule has 0 saturated carbocycles. The SMILES string of the molecule is O=C(CNC(=O)c1ccccc1OC(F)F)NCc1cccc(C(F)(F)F)c1. The molecular weight excluding hydrogens is 387 g/mol. The monoisotopic (exact) mass is 402 g/mol. The summed E-state index contributed by atoms with van der Waals surface area (Å²) in [4.78, 5) is 23.8. The molecule has 2 N–H and O–H groups in total. The topological polar surface area (TPSA) is 67.4 Å². The molecule has 0 radical (unpaired) electrons. The summed E-state index contributed by atoms with van der Waals surface area (Å²) in [5, 5.41) is 4.59. The molecule has 0 unspecified atom stereocenters. The van der Waals surface area contributed by atoms with E-state index >= 15 is 0 Å². The lowest BCUT2D eigenvalue weighted by atomic mass is 10.1. The minimum atomic E-state index is -4.50. The summed E-state index contributed by atoms with van der Waals surface area (Å²) in [6, 6.07) is 9.68. The number of amides is 2. The van der Waals surface area contributed by atoms with Gasteiger partial charge in [0.25, 0.3) is 5.91 Å². The fourth-order valence-electron chi connectivity index (χ4n) is 2.23. The Morgan fingerprint density at radius 3 is 2.39 bits per heavy atom. The quantitative estimate of drug-likeness (QED) is 0.698. The summed E-state index contributed by atoms with van der Waals surface area (Å²) >= 11 is 0. The number of carbonyl (C=O) groups excluding carboxylic acids is 2. The Kier molecular flexibility index (Phi) is 6.91. The van der Waals surface area contributed by atoms with Gasteiger partial charge in [-0.2, -0.15) is 22.0 Å². The van der Waals surface area contributed by atoms with E-state index in [-0.39, 0.29) is 23.4 Å². The molecule has 2 aromatic rings. The molecule has 0 heterocycles. The van der Waals surface area contributed by atoms with Crippen LogP contribution in [0.15, 0.2) is 48.5 Å². The van der Waals surface area contributed by atoms with E-state index in [1.807, 2.05) is 0 Å². The second kappa shape index (κ2) is 9.16. The maximum Gasteiger partial charge on any atom is 0.416 e. The predicted molar refractivity (Wildman–Crippen MR) is 88.7 cm³/mol. The average Bonchev–Trinajstić information content (AvgIpc) is 2.64. The van der Waals surface area contributed by atoms with Crippen molar-refractivity contribution in [2.24, 2.45) is 0 Å². The van der Waals surface area contributed by atoms with Crippen molar-refractivity contribution < 1.29 is 36.3 Å². The van der Waals surface area contributed by atoms with Gasteiger partial charge >= 0.3 is 12.8 Å². The summed E-state index contributed by atoms with van der Waals surface area (Å²) in [5.74, 6) is -1.83. The molecule has 0 saturated heterocycles. The number of carbonyl (C=O) groups is 2. The first-order valence-electron chi connectivity index (χ1n) is 7.91. The highest BCUT2D eigenvalue weighted by Crippen LogP contribution is 2.29. The summed E-state index contributed by atoms with van der Waals surface area (Å²) in [7, 11) is 0. The van der Waals surface area contributed by atoms with Crippen LogP contribution in [0.2, 0.25) is 0 Å². The first-order chi connectivity index (χ1) is 13.2. The summed E-state index contributed by atoms with van der Waals surface area (Å²) in [5.41, 5.74) is -0.804. The van der Waals surface area contributed by atoms with Gasteiger partial charge in [-0.1, -0.05) is 24.3 Å². The van der Waals surface area contributed by atoms with Crippen LogP contribution in [0.5, 0.6) is 5.75 Å². The maximum atomic E-state index is 12.7. The van der Waals surface area contributed by atoms with E-state index in [0.717, 1.165) is 12.1 Å². The predicted octanol–water partition coefficient (Wildman–Crippen LogP) is 3.35. The van der Waals surface area contributed by atoms with Crippen LogP contribution in [-0.4, -0.2) is 25.0 Å². The van der Waals surface area contributed by atoms with Gasteiger partial charge in [-0.3, -0.25) is 9.59 Å². The first-order valence-corrected chi connectivity index (χ1v) is 7.91. The van der Waals surface area contributed by atoms with E-state index in [1.165, 1.54) is 36.4 Å². The normalized spacial score (nSPS) is 11.2. The molecule has 0 bridgehead atoms. The smallest absolute Gasteiger partial charge is 0.416 e. The van der Waals surface area contributed by atoms with Crippen LogP contribution in [0.1, 0.15) is 21.5 Å². The van der Waals surface area contributed by atoms with Gasteiger partial charge in [0, 0.05) is 6.54 Å². The molecule has 0 fully saturated rings. The molecule has 10 heteroatoms. The Bertz CT molecular complexity index is 840. The van der Waals surface area contributed by atoms with Gasteiger partial charge in [-0.15, -0.1) is 0 Å². The molecule has 2 aromatic carbocycles. The van der Waals surface area contributed by atoms with Gasteiger partial charge in [0.15, 0.2) is 0 Å². The Hall–Kier alpha value is -3.17. The van der Waals surface area contributed by atoms with Crippen LogP contribution >= 0.6 is 0 Å². The summed E-state index contributed by atoms with van der Waals surface area (Å²) < 4.78 is 66.9. The molecule has 0 atom stereocenters. The lowest BCUT2D eigenvalue weighted by molar-refractivity contribution is -0.137. The molecule has 0 spiro atoms. The second-order valence-corrected chi connectivity index (χ2v) is 5.53. The Balaban J connectivity index is 1.89. The van der Waals surface area contributed by atoms with Gasteiger partial charge < -0.3 is 15.4 Å². The molecule has 0 aliphatic heterocycles. The van der Waals surface area contributed by atoms with Crippen molar-refractivity contribution in [3.05, 3.63) is 65.2 Å². The van der Waals surface area contributed by atoms with Crippen molar-refractivity contribution >= 4 is 11.8 Å². The summed E-state index contributed by atoms with van der Waals surface area (Å²) in [6.45, 7) is -3.80. The first kappa shape index (κ1) is 21.1. The van der Waals surface area contributed by atoms with Crippen molar-refractivity contribution in [2.45, 2.75) is 19.3 Å².